The fraction of sp³-hybridized carbons (Fsp3) is 0.308. The van der Waals surface area contributed by atoms with Crippen molar-refractivity contribution < 1.29 is 141 Å². The first-order valence-electron chi connectivity index (χ1n) is 24.5. The number of hydrogen-bond donors (Lipinski definition) is 0. The molecular formula is C52H34B2F30O2P-. The molecule has 0 aliphatic rings. The van der Waals surface area contributed by atoms with Crippen molar-refractivity contribution >= 4 is 52.7 Å². The number of halogens is 30. The molecule has 0 aliphatic carbocycles. The zero-order chi connectivity index (χ0) is 66.4. The largest absolute Gasteiger partial charge is 0.579 e. The van der Waals surface area contributed by atoms with E-state index < -0.39 is 276 Å². The molecule has 35 heteroatoms. The Labute approximate surface area is 470 Å². The van der Waals surface area contributed by atoms with E-state index in [2.05, 4.69) is 0 Å². The molecule has 0 amide bonds. The van der Waals surface area contributed by atoms with Gasteiger partial charge in [-0.05, 0) is 67.2 Å². The van der Waals surface area contributed by atoms with Crippen molar-refractivity contribution in [3.05, 3.63) is 175 Å². The van der Waals surface area contributed by atoms with E-state index in [4.69, 9.17) is 9.31 Å². The summed E-state index contributed by atoms with van der Waals surface area (Å²) in [6.07, 6.45) is -16.8. The minimum Gasteiger partial charge on any atom is -0.579 e. The second-order valence-electron chi connectivity index (χ2n) is 21.4. The molecular weight excluding hydrogens is 1280 g/mol. The summed E-state index contributed by atoms with van der Waals surface area (Å²) < 4.78 is 471. The van der Waals surface area contributed by atoms with Gasteiger partial charge in [0.25, 0.3) is 0 Å². The molecule has 0 aliphatic heterocycles. The molecule has 0 atom stereocenters. The predicted octanol–water partition coefficient (Wildman–Crippen LogP) is 13.7. The van der Waals surface area contributed by atoms with Crippen molar-refractivity contribution in [2.75, 3.05) is 25.5 Å². The maximum absolute atomic E-state index is 16.1. The second-order valence-corrected chi connectivity index (χ2v) is 26.9. The second kappa shape index (κ2) is 24.6. The van der Waals surface area contributed by atoms with E-state index in [0.29, 0.717) is 0 Å². The lowest BCUT2D eigenvalue weighted by atomic mass is 9.27. The van der Waals surface area contributed by atoms with E-state index in [-0.39, 0.29) is 12.3 Å². The highest BCUT2D eigenvalue weighted by atomic mass is 31.2. The van der Waals surface area contributed by atoms with Crippen LogP contribution >= 0.6 is 7.26 Å². The van der Waals surface area contributed by atoms with Crippen LogP contribution in [0.4, 0.5) is 132 Å². The quantitative estimate of drug-likeness (QED) is 0.0213. The summed E-state index contributed by atoms with van der Waals surface area (Å²) in [4.78, 5) is 0. The lowest BCUT2D eigenvalue weighted by Gasteiger charge is -2.48. The van der Waals surface area contributed by atoms with Gasteiger partial charge in [0.05, 0.1) is 22.6 Å². The summed E-state index contributed by atoms with van der Waals surface area (Å²) in [7, 11) is -3.25. The maximum Gasteiger partial charge on any atom is 0.216 e. The fourth-order valence-corrected chi connectivity index (χ4v) is 17.6. The van der Waals surface area contributed by atoms with Crippen LogP contribution in [0.25, 0.3) is 0 Å². The van der Waals surface area contributed by atoms with Crippen molar-refractivity contribution in [2.45, 2.75) is 77.5 Å². The molecule has 6 aromatic rings. The number of benzene rings is 6. The first-order chi connectivity index (χ1) is 40.0. The van der Waals surface area contributed by atoms with Crippen molar-refractivity contribution in [1.29, 1.82) is 0 Å². The summed E-state index contributed by atoms with van der Waals surface area (Å²) in [6.45, 7) is 5.39. The molecule has 0 aromatic heterocycles. The molecule has 0 saturated carbocycles. The summed E-state index contributed by atoms with van der Waals surface area (Å²) in [5.74, 6) is -99.3. The lowest BCUT2D eigenvalue weighted by molar-refractivity contribution is 0.303. The topological polar surface area (TPSA) is 18.5 Å². The molecule has 0 spiro atoms. The Morgan fingerprint density at radius 2 is 0.345 bits per heavy atom. The normalized spacial score (nSPS) is 12.8. The van der Waals surface area contributed by atoms with Crippen LogP contribution in [0.1, 0.15) is 67.2 Å². The Balaban J connectivity index is 1.50. The first kappa shape index (κ1) is 69.8. The summed E-state index contributed by atoms with van der Waals surface area (Å²) in [5, 5.41) is -2.32. The molecule has 0 fully saturated rings. The number of unbranched alkanes of at least 4 members (excludes halogenated alkanes) is 2. The average Bonchev–Trinajstić information content (AvgIpc) is 0.719. The van der Waals surface area contributed by atoms with Gasteiger partial charge in [-0.1, -0.05) is 32.8 Å². The minimum atomic E-state index is -6.45. The van der Waals surface area contributed by atoms with Crippen LogP contribution < -0.4 is 32.8 Å². The third kappa shape index (κ3) is 10.7. The molecule has 0 bridgehead atoms. The van der Waals surface area contributed by atoms with Gasteiger partial charge in [0.15, 0.2) is 105 Å². The third-order valence-corrected chi connectivity index (χ3v) is 22.4. The van der Waals surface area contributed by atoms with Crippen molar-refractivity contribution in [1.82, 2.24) is 0 Å². The molecule has 87 heavy (non-hydrogen) atoms. The summed E-state index contributed by atoms with van der Waals surface area (Å²) >= 11 is 0. The number of hydrogen-bond acceptors (Lipinski definition) is 2. The third-order valence-electron chi connectivity index (χ3n) is 15.1. The first-order valence-corrected chi connectivity index (χ1v) is 26.7. The van der Waals surface area contributed by atoms with Crippen LogP contribution in [0.3, 0.4) is 0 Å². The van der Waals surface area contributed by atoms with E-state index in [0.717, 1.165) is 0 Å². The summed E-state index contributed by atoms with van der Waals surface area (Å²) in [6, 6.07) is 0. The fourth-order valence-electron chi connectivity index (χ4n) is 11.2. The SMILES string of the molecule is CC(C)(C)[P+](CCCCO[B-](c1c(F)c(F)c(F)c(F)c1F)(c1c(F)c(F)c(F)c(F)c1F)c1c(F)c(F)c(F)c(F)c1F)(CCCCO[B-](c1c(F)c(F)c(F)c(F)c1F)(c1c(F)c(F)c(F)c(F)c1F)c1c(F)c(F)c(F)c(F)c1F)C(C)(C)C. The van der Waals surface area contributed by atoms with Gasteiger partial charge in [-0.15, -0.1) is 0 Å². The predicted molar refractivity (Wildman–Crippen MR) is 253 cm³/mol. The Kier molecular flexibility index (Phi) is 19.7. The standard InChI is InChI=1S/C52H34B2F30O2P/c1-51(2,3)87(52(4,5)6,13-9-7-11-85-53(15-21(55)33(67)45(79)34(68)22(15)56,16-23(57)35(69)46(80)36(70)24(16)58)17-25(59)37(71)47(81)38(72)26(17)60)14-10-8-12-86-54(18-27(61)39(73)48(82)40(74)28(18)62,19-29(63)41(75)49(83)42(76)30(19)64)20-31(65)43(77)50(84)44(78)32(20)66/h7-14H2,1-6H3/q-1. The van der Waals surface area contributed by atoms with Crippen molar-refractivity contribution in [2.24, 2.45) is 0 Å². The van der Waals surface area contributed by atoms with E-state index in [9.17, 15) is 26.3 Å². The Bertz CT molecular complexity index is 3040. The van der Waals surface area contributed by atoms with E-state index in [1.807, 2.05) is 0 Å². The van der Waals surface area contributed by atoms with Gasteiger partial charge in [-0.2, -0.15) is 0 Å². The van der Waals surface area contributed by atoms with Crippen LogP contribution in [-0.2, 0) is 9.31 Å². The zero-order valence-corrected chi connectivity index (χ0v) is 45.3. The molecule has 6 aromatic carbocycles. The average molecular weight is 1310 g/mol. The van der Waals surface area contributed by atoms with Gasteiger partial charge in [0.2, 0.25) is 12.7 Å². The van der Waals surface area contributed by atoms with Gasteiger partial charge >= 0.3 is 0 Å². The Morgan fingerprint density at radius 3 is 0.471 bits per heavy atom. The lowest BCUT2D eigenvalue weighted by Crippen LogP contribution is -2.75. The Hall–Kier alpha value is -6.30. The summed E-state index contributed by atoms with van der Waals surface area (Å²) in [5.41, 5.74) is -18.4. The molecule has 0 unspecified atom stereocenters. The van der Waals surface area contributed by atoms with E-state index >= 15 is 105 Å². The molecule has 6 rings (SSSR count). The van der Waals surface area contributed by atoms with Crippen LogP contribution in [0.15, 0.2) is 0 Å². The molecule has 476 valence electrons. The van der Waals surface area contributed by atoms with Gasteiger partial charge in [0.1, 0.15) is 69.8 Å². The van der Waals surface area contributed by atoms with Crippen LogP contribution in [0.2, 0.25) is 0 Å². The highest BCUT2D eigenvalue weighted by Crippen LogP contribution is 2.77. The smallest absolute Gasteiger partial charge is 0.216 e. The molecule has 0 saturated heterocycles. The minimum absolute atomic E-state index is 0.370. The van der Waals surface area contributed by atoms with Gasteiger partial charge in [-0.25, -0.2) is 132 Å². The highest BCUT2D eigenvalue weighted by molar-refractivity contribution is 7.78. The van der Waals surface area contributed by atoms with Crippen molar-refractivity contribution in [3.8, 4) is 0 Å². The van der Waals surface area contributed by atoms with Crippen LogP contribution in [0.5, 0.6) is 0 Å². The van der Waals surface area contributed by atoms with Gasteiger partial charge in [-0.3, -0.25) is 0 Å². The molecule has 0 heterocycles. The highest BCUT2D eigenvalue weighted by Gasteiger charge is 2.57. The van der Waals surface area contributed by atoms with Gasteiger partial charge < -0.3 is 9.31 Å². The Morgan fingerprint density at radius 1 is 0.218 bits per heavy atom. The number of rotatable bonds is 18. The van der Waals surface area contributed by atoms with Crippen LogP contribution in [0, 0.1) is 175 Å². The molecule has 2 nitrogen and oxygen atoms in total. The van der Waals surface area contributed by atoms with Crippen LogP contribution in [-0.4, -0.2) is 48.5 Å². The van der Waals surface area contributed by atoms with E-state index in [1.165, 1.54) is 41.5 Å². The zero-order valence-electron chi connectivity index (χ0n) is 44.4. The van der Waals surface area contributed by atoms with Gasteiger partial charge in [0, 0.05) is 20.5 Å². The molecule has 0 radical (unpaired) electrons. The monoisotopic (exact) mass is 1310 g/mol. The van der Waals surface area contributed by atoms with E-state index in [1.54, 1.807) is 0 Å². The molecule has 0 N–H and O–H groups in total. The maximum atomic E-state index is 16.1. The van der Waals surface area contributed by atoms with Crippen molar-refractivity contribution in [3.63, 3.8) is 0 Å².